The van der Waals surface area contributed by atoms with Crippen LogP contribution in [0.2, 0.25) is 0 Å². The SMILES string of the molecule is Cn1cc(Br)c(C#N)n1. The summed E-state index contributed by atoms with van der Waals surface area (Å²) >= 11 is 3.17. The van der Waals surface area contributed by atoms with Crippen molar-refractivity contribution in [2.45, 2.75) is 0 Å². The zero-order valence-corrected chi connectivity index (χ0v) is 6.38. The lowest BCUT2D eigenvalue weighted by atomic mass is 10.5. The van der Waals surface area contributed by atoms with Gasteiger partial charge in [0.1, 0.15) is 6.07 Å². The molecule has 0 radical (unpaired) electrons. The van der Waals surface area contributed by atoms with E-state index in [1.807, 2.05) is 6.07 Å². The van der Waals surface area contributed by atoms with Crippen LogP contribution in [0.5, 0.6) is 0 Å². The van der Waals surface area contributed by atoms with Crippen molar-refractivity contribution < 1.29 is 0 Å². The fourth-order valence-electron chi connectivity index (χ4n) is 0.535. The molecule has 0 spiro atoms. The minimum absolute atomic E-state index is 0.428. The molecule has 1 heterocycles. The first-order valence-corrected chi connectivity index (χ1v) is 3.12. The van der Waals surface area contributed by atoms with Crippen LogP contribution in [0.25, 0.3) is 0 Å². The Morgan fingerprint density at radius 1 is 1.89 bits per heavy atom. The molecule has 4 heteroatoms. The molecule has 0 atom stereocenters. The fraction of sp³-hybridized carbons (Fsp3) is 0.200. The summed E-state index contributed by atoms with van der Waals surface area (Å²) in [7, 11) is 1.77. The minimum Gasteiger partial charge on any atom is -0.273 e. The van der Waals surface area contributed by atoms with E-state index >= 15 is 0 Å². The van der Waals surface area contributed by atoms with E-state index in [1.54, 1.807) is 17.9 Å². The number of halogens is 1. The molecule has 1 aromatic heterocycles. The molecule has 1 rings (SSSR count). The number of aryl methyl sites for hydroxylation is 1. The van der Waals surface area contributed by atoms with Crippen molar-refractivity contribution in [3.63, 3.8) is 0 Å². The number of rotatable bonds is 0. The van der Waals surface area contributed by atoms with Crippen molar-refractivity contribution in [3.05, 3.63) is 16.4 Å². The second-order valence-corrected chi connectivity index (χ2v) is 2.47. The van der Waals surface area contributed by atoms with E-state index in [9.17, 15) is 0 Å². The van der Waals surface area contributed by atoms with Gasteiger partial charge in [-0.1, -0.05) is 0 Å². The smallest absolute Gasteiger partial charge is 0.176 e. The Balaban J connectivity index is 3.20. The van der Waals surface area contributed by atoms with E-state index < -0.39 is 0 Å². The summed E-state index contributed by atoms with van der Waals surface area (Å²) in [4.78, 5) is 0. The van der Waals surface area contributed by atoms with E-state index in [1.165, 1.54) is 0 Å². The second-order valence-electron chi connectivity index (χ2n) is 1.61. The lowest BCUT2D eigenvalue weighted by Crippen LogP contribution is -1.86. The molecule has 46 valence electrons. The van der Waals surface area contributed by atoms with Crippen molar-refractivity contribution in [1.29, 1.82) is 5.26 Å². The predicted molar refractivity (Wildman–Crippen MR) is 35.6 cm³/mol. The Hall–Kier alpha value is -0.820. The van der Waals surface area contributed by atoms with E-state index in [0.717, 1.165) is 4.47 Å². The summed E-state index contributed by atoms with van der Waals surface area (Å²) in [5.74, 6) is 0. The number of nitrogens with zero attached hydrogens (tertiary/aromatic N) is 3. The van der Waals surface area contributed by atoms with Gasteiger partial charge in [0.15, 0.2) is 5.69 Å². The van der Waals surface area contributed by atoms with Gasteiger partial charge in [-0.2, -0.15) is 10.4 Å². The lowest BCUT2D eigenvalue weighted by molar-refractivity contribution is 0.763. The van der Waals surface area contributed by atoms with Gasteiger partial charge in [-0.05, 0) is 15.9 Å². The monoisotopic (exact) mass is 185 g/mol. The molecule has 0 bridgehead atoms. The number of hydrogen-bond acceptors (Lipinski definition) is 2. The molecule has 0 saturated carbocycles. The van der Waals surface area contributed by atoms with Gasteiger partial charge in [0.25, 0.3) is 0 Å². The number of hydrogen-bond donors (Lipinski definition) is 0. The molecular weight excluding hydrogens is 182 g/mol. The topological polar surface area (TPSA) is 41.6 Å². The summed E-state index contributed by atoms with van der Waals surface area (Å²) < 4.78 is 2.33. The van der Waals surface area contributed by atoms with E-state index in [0.29, 0.717) is 5.69 Å². The highest BCUT2D eigenvalue weighted by Gasteiger charge is 2.00. The Labute approximate surface area is 61.0 Å². The lowest BCUT2D eigenvalue weighted by Gasteiger charge is -1.78. The molecule has 0 N–H and O–H groups in total. The Kier molecular flexibility index (Phi) is 1.54. The molecular formula is C5H4BrN3. The van der Waals surface area contributed by atoms with Gasteiger partial charge < -0.3 is 0 Å². The summed E-state index contributed by atoms with van der Waals surface area (Å²) in [6.07, 6.45) is 1.73. The molecule has 3 nitrogen and oxygen atoms in total. The van der Waals surface area contributed by atoms with E-state index in [2.05, 4.69) is 21.0 Å². The average molecular weight is 186 g/mol. The van der Waals surface area contributed by atoms with Gasteiger partial charge in [0, 0.05) is 13.2 Å². The van der Waals surface area contributed by atoms with E-state index in [4.69, 9.17) is 5.26 Å². The van der Waals surface area contributed by atoms with Crippen LogP contribution in [0.1, 0.15) is 5.69 Å². The van der Waals surface area contributed by atoms with Crippen LogP contribution in [-0.4, -0.2) is 9.78 Å². The van der Waals surface area contributed by atoms with Crippen LogP contribution in [0.3, 0.4) is 0 Å². The molecule has 0 fully saturated rings. The van der Waals surface area contributed by atoms with Crippen molar-refractivity contribution >= 4 is 15.9 Å². The highest BCUT2D eigenvalue weighted by molar-refractivity contribution is 9.10. The van der Waals surface area contributed by atoms with Crippen molar-refractivity contribution in [2.75, 3.05) is 0 Å². The average Bonchev–Trinajstić information content (AvgIpc) is 2.10. The van der Waals surface area contributed by atoms with Crippen LogP contribution in [0.15, 0.2) is 10.7 Å². The normalized spacial score (nSPS) is 9.00. The first-order valence-electron chi connectivity index (χ1n) is 2.33. The van der Waals surface area contributed by atoms with Crippen LogP contribution in [0, 0.1) is 11.3 Å². The second kappa shape index (κ2) is 2.19. The Bertz CT molecular complexity index is 258. The van der Waals surface area contributed by atoms with Crippen molar-refractivity contribution in [2.24, 2.45) is 7.05 Å². The number of nitriles is 1. The zero-order chi connectivity index (χ0) is 6.85. The Morgan fingerprint density at radius 3 is 2.78 bits per heavy atom. The molecule has 9 heavy (non-hydrogen) atoms. The third-order valence-electron chi connectivity index (χ3n) is 0.890. The highest BCUT2D eigenvalue weighted by Crippen LogP contribution is 2.11. The maximum absolute atomic E-state index is 8.38. The minimum atomic E-state index is 0.428. The third-order valence-corrected chi connectivity index (χ3v) is 1.47. The van der Waals surface area contributed by atoms with Crippen LogP contribution >= 0.6 is 15.9 Å². The van der Waals surface area contributed by atoms with Crippen molar-refractivity contribution in [1.82, 2.24) is 9.78 Å². The van der Waals surface area contributed by atoms with Crippen molar-refractivity contribution in [3.8, 4) is 6.07 Å². The van der Waals surface area contributed by atoms with Gasteiger partial charge in [-0.15, -0.1) is 0 Å². The molecule has 0 aliphatic rings. The highest BCUT2D eigenvalue weighted by atomic mass is 79.9. The molecule has 0 amide bonds. The van der Waals surface area contributed by atoms with Crippen LogP contribution in [0.4, 0.5) is 0 Å². The van der Waals surface area contributed by atoms with Gasteiger partial charge in [-0.3, -0.25) is 4.68 Å². The van der Waals surface area contributed by atoms with Crippen LogP contribution in [-0.2, 0) is 7.05 Å². The standard InChI is InChI=1S/C5H4BrN3/c1-9-3-4(6)5(2-7)8-9/h3H,1H3. The van der Waals surface area contributed by atoms with Gasteiger partial charge >= 0.3 is 0 Å². The quantitative estimate of drug-likeness (QED) is 0.607. The summed E-state index contributed by atoms with van der Waals surface area (Å²) in [5, 5.41) is 12.2. The first kappa shape index (κ1) is 6.30. The summed E-state index contributed by atoms with van der Waals surface area (Å²) in [6, 6.07) is 1.94. The van der Waals surface area contributed by atoms with Gasteiger partial charge in [-0.25, -0.2) is 0 Å². The molecule has 0 aliphatic carbocycles. The van der Waals surface area contributed by atoms with Gasteiger partial charge in [0.2, 0.25) is 0 Å². The molecule has 0 aromatic carbocycles. The largest absolute Gasteiger partial charge is 0.273 e. The zero-order valence-electron chi connectivity index (χ0n) is 4.80. The first-order chi connectivity index (χ1) is 4.24. The summed E-state index contributed by atoms with van der Waals surface area (Å²) in [6.45, 7) is 0. The fourth-order valence-corrected chi connectivity index (χ4v) is 1.000. The third kappa shape index (κ3) is 1.11. The van der Waals surface area contributed by atoms with Gasteiger partial charge in [0.05, 0.1) is 4.47 Å². The molecule has 1 aromatic rings. The predicted octanol–water partition coefficient (Wildman–Crippen LogP) is 1.05. The molecule has 0 saturated heterocycles. The van der Waals surface area contributed by atoms with E-state index in [-0.39, 0.29) is 0 Å². The maximum Gasteiger partial charge on any atom is 0.176 e. The summed E-state index contributed by atoms with van der Waals surface area (Å²) in [5.41, 5.74) is 0.428. The van der Waals surface area contributed by atoms with Crippen LogP contribution < -0.4 is 0 Å². The molecule has 0 unspecified atom stereocenters. The Morgan fingerprint density at radius 2 is 2.56 bits per heavy atom. The molecule has 0 aliphatic heterocycles. The number of aromatic nitrogens is 2. The maximum atomic E-state index is 8.38.